The molecule has 0 atom stereocenters. The number of pyridine rings is 3. The van der Waals surface area contributed by atoms with E-state index in [4.69, 9.17) is 4.98 Å². The van der Waals surface area contributed by atoms with E-state index in [0.29, 0.717) is 0 Å². The van der Waals surface area contributed by atoms with Crippen LogP contribution in [0.5, 0.6) is 0 Å². The van der Waals surface area contributed by atoms with Gasteiger partial charge in [0.15, 0.2) is 0 Å². The van der Waals surface area contributed by atoms with Crippen molar-refractivity contribution in [3.63, 3.8) is 0 Å². The third kappa shape index (κ3) is 4.15. The van der Waals surface area contributed by atoms with Gasteiger partial charge in [-0.1, -0.05) is 68.3 Å². The zero-order chi connectivity index (χ0) is 18.6. The average Bonchev–Trinajstić information content (AvgIpc) is 2.75. The van der Waals surface area contributed by atoms with Crippen molar-refractivity contribution in [2.75, 3.05) is 0 Å². The molecule has 5 heteroatoms. The van der Waals surface area contributed by atoms with Gasteiger partial charge in [0.1, 0.15) is 0 Å². The molecular weight excluding hydrogens is 466 g/mol. The zero-order valence-corrected chi connectivity index (χ0v) is 17.4. The highest BCUT2D eigenvalue weighted by molar-refractivity contribution is 9.24. The third-order valence-corrected chi connectivity index (χ3v) is 5.23. The minimum Gasteiger partial charge on any atom is -0.255 e. The summed E-state index contributed by atoms with van der Waals surface area (Å²) in [4.78, 5) is 13.7. The second-order valence-corrected chi connectivity index (χ2v) is 9.04. The summed E-state index contributed by atoms with van der Waals surface area (Å²) in [6.07, 6.45) is 3.57. The highest BCUT2D eigenvalue weighted by Gasteiger charge is 2.11. The monoisotopic (exact) mass is 479 g/mol. The average molecular weight is 481 g/mol. The molecule has 1 aromatic carbocycles. The first kappa shape index (κ1) is 18.0. The standard InChI is InChI=1S/C22H15Br2N3/c23-22(24)16-9-7-15(8-10-16)17-13-20(18-5-1-3-11-25-18)27-21(14-17)19-6-2-4-12-26-19/h1-14,22H. The number of halogens is 2. The first-order valence-corrected chi connectivity index (χ1v) is 10.3. The number of alkyl halides is 2. The maximum atomic E-state index is 4.81. The molecule has 3 heterocycles. The fourth-order valence-electron chi connectivity index (χ4n) is 2.81. The highest BCUT2D eigenvalue weighted by atomic mass is 79.9. The van der Waals surface area contributed by atoms with Crippen LogP contribution in [0.25, 0.3) is 33.9 Å². The van der Waals surface area contributed by atoms with E-state index < -0.39 is 0 Å². The zero-order valence-electron chi connectivity index (χ0n) is 14.3. The van der Waals surface area contributed by atoms with Crippen LogP contribution in [0.15, 0.2) is 85.2 Å². The van der Waals surface area contributed by atoms with Crippen LogP contribution >= 0.6 is 31.9 Å². The van der Waals surface area contributed by atoms with E-state index >= 15 is 0 Å². The number of aromatic nitrogens is 3. The normalized spacial score (nSPS) is 10.9. The molecule has 0 saturated carbocycles. The number of hydrogen-bond acceptors (Lipinski definition) is 3. The van der Waals surface area contributed by atoms with Crippen LogP contribution in [-0.4, -0.2) is 15.0 Å². The fraction of sp³-hybridized carbons (Fsp3) is 0.0455. The summed E-state index contributed by atoms with van der Waals surface area (Å²) in [5.41, 5.74) is 6.72. The Balaban J connectivity index is 1.85. The number of hydrogen-bond donors (Lipinski definition) is 0. The summed E-state index contributed by atoms with van der Waals surface area (Å²) >= 11 is 7.08. The van der Waals surface area contributed by atoms with Gasteiger partial charge in [-0.05, 0) is 53.1 Å². The minimum absolute atomic E-state index is 0.143. The van der Waals surface area contributed by atoms with E-state index in [1.54, 1.807) is 12.4 Å². The molecule has 4 rings (SSSR count). The van der Waals surface area contributed by atoms with Crippen molar-refractivity contribution >= 4 is 31.9 Å². The van der Waals surface area contributed by atoms with Gasteiger partial charge in [0, 0.05) is 12.4 Å². The summed E-state index contributed by atoms with van der Waals surface area (Å²) in [5, 5.41) is 0. The van der Waals surface area contributed by atoms with Crippen LogP contribution in [0.1, 0.15) is 9.30 Å². The molecule has 0 unspecified atom stereocenters. The molecule has 132 valence electrons. The maximum Gasteiger partial charge on any atom is 0.0946 e. The molecule has 0 spiro atoms. The van der Waals surface area contributed by atoms with E-state index in [-0.39, 0.29) is 3.74 Å². The topological polar surface area (TPSA) is 38.7 Å². The lowest BCUT2D eigenvalue weighted by molar-refractivity contribution is 1.22. The van der Waals surface area contributed by atoms with Gasteiger partial charge >= 0.3 is 0 Å². The van der Waals surface area contributed by atoms with Crippen molar-refractivity contribution in [3.8, 4) is 33.9 Å². The van der Waals surface area contributed by atoms with Gasteiger partial charge in [-0.15, -0.1) is 0 Å². The number of benzene rings is 1. The van der Waals surface area contributed by atoms with E-state index in [0.717, 1.165) is 33.9 Å². The molecule has 0 fully saturated rings. The molecule has 0 radical (unpaired) electrons. The highest BCUT2D eigenvalue weighted by Crippen LogP contribution is 2.32. The largest absolute Gasteiger partial charge is 0.255 e. The Labute approximate surface area is 174 Å². The molecule has 0 bridgehead atoms. The molecule has 0 saturated heterocycles. The predicted molar refractivity (Wildman–Crippen MR) is 117 cm³/mol. The Morgan fingerprint density at radius 3 is 1.59 bits per heavy atom. The molecule has 0 aliphatic rings. The minimum atomic E-state index is 0.143. The Bertz CT molecular complexity index is 976. The van der Waals surface area contributed by atoms with Crippen molar-refractivity contribution in [2.24, 2.45) is 0 Å². The molecular formula is C22H15Br2N3. The van der Waals surface area contributed by atoms with Gasteiger partial charge < -0.3 is 0 Å². The van der Waals surface area contributed by atoms with Gasteiger partial charge in [-0.3, -0.25) is 9.97 Å². The Morgan fingerprint density at radius 2 is 1.15 bits per heavy atom. The second-order valence-electron chi connectivity index (χ2n) is 5.98. The summed E-state index contributed by atoms with van der Waals surface area (Å²) in [5.74, 6) is 0. The molecule has 0 amide bonds. The fourth-order valence-corrected chi connectivity index (χ4v) is 3.42. The lowest BCUT2D eigenvalue weighted by Crippen LogP contribution is -1.94. The molecule has 27 heavy (non-hydrogen) atoms. The van der Waals surface area contributed by atoms with Crippen LogP contribution in [0.2, 0.25) is 0 Å². The summed E-state index contributed by atoms with van der Waals surface area (Å²) in [6, 6.07) is 24.3. The predicted octanol–water partition coefficient (Wildman–Crippen LogP) is 6.66. The molecule has 4 aromatic rings. The van der Waals surface area contributed by atoms with E-state index in [1.807, 2.05) is 36.4 Å². The van der Waals surface area contributed by atoms with Gasteiger partial charge in [-0.2, -0.15) is 0 Å². The SMILES string of the molecule is BrC(Br)c1ccc(-c2cc(-c3ccccn3)nc(-c3ccccn3)c2)cc1. The van der Waals surface area contributed by atoms with Crippen LogP contribution in [0.4, 0.5) is 0 Å². The molecule has 3 aromatic heterocycles. The Morgan fingerprint density at radius 1 is 0.593 bits per heavy atom. The first-order chi connectivity index (χ1) is 13.2. The van der Waals surface area contributed by atoms with Gasteiger partial charge in [-0.25, -0.2) is 4.98 Å². The van der Waals surface area contributed by atoms with Gasteiger partial charge in [0.25, 0.3) is 0 Å². The van der Waals surface area contributed by atoms with E-state index in [9.17, 15) is 0 Å². The van der Waals surface area contributed by atoms with Gasteiger partial charge in [0.05, 0.1) is 26.5 Å². The van der Waals surface area contributed by atoms with Crippen molar-refractivity contribution in [2.45, 2.75) is 3.74 Å². The smallest absolute Gasteiger partial charge is 0.0946 e. The summed E-state index contributed by atoms with van der Waals surface area (Å²) < 4.78 is 0.143. The van der Waals surface area contributed by atoms with Crippen molar-refractivity contribution in [1.82, 2.24) is 15.0 Å². The summed E-state index contributed by atoms with van der Waals surface area (Å²) in [6.45, 7) is 0. The lowest BCUT2D eigenvalue weighted by Gasteiger charge is -2.10. The second kappa shape index (κ2) is 8.11. The van der Waals surface area contributed by atoms with E-state index in [1.165, 1.54) is 5.56 Å². The Kier molecular flexibility index (Phi) is 5.41. The maximum absolute atomic E-state index is 4.81. The van der Waals surface area contributed by atoms with Crippen LogP contribution in [0, 0.1) is 0 Å². The Hall–Kier alpha value is -2.37. The van der Waals surface area contributed by atoms with Crippen LogP contribution < -0.4 is 0 Å². The number of nitrogens with zero attached hydrogens (tertiary/aromatic N) is 3. The third-order valence-electron chi connectivity index (χ3n) is 4.18. The summed E-state index contributed by atoms with van der Waals surface area (Å²) in [7, 11) is 0. The van der Waals surface area contributed by atoms with E-state index in [2.05, 4.69) is 78.2 Å². The van der Waals surface area contributed by atoms with Crippen molar-refractivity contribution < 1.29 is 0 Å². The molecule has 0 N–H and O–H groups in total. The number of rotatable bonds is 4. The molecule has 0 aliphatic heterocycles. The lowest BCUT2D eigenvalue weighted by atomic mass is 10.0. The van der Waals surface area contributed by atoms with Crippen LogP contribution in [0.3, 0.4) is 0 Å². The quantitative estimate of drug-likeness (QED) is 0.306. The molecule has 3 nitrogen and oxygen atoms in total. The first-order valence-electron chi connectivity index (χ1n) is 8.44. The van der Waals surface area contributed by atoms with Crippen molar-refractivity contribution in [3.05, 3.63) is 90.8 Å². The van der Waals surface area contributed by atoms with Gasteiger partial charge in [0.2, 0.25) is 0 Å². The van der Waals surface area contributed by atoms with Crippen molar-refractivity contribution in [1.29, 1.82) is 0 Å². The van der Waals surface area contributed by atoms with Crippen LogP contribution in [-0.2, 0) is 0 Å². The molecule has 0 aliphatic carbocycles.